The van der Waals surface area contributed by atoms with Crippen LogP contribution in [0.1, 0.15) is 17.9 Å². The van der Waals surface area contributed by atoms with Gasteiger partial charge in [0.05, 0.1) is 10.9 Å². The number of aromatic nitrogens is 2. The molecule has 2 heterocycles. The van der Waals surface area contributed by atoms with Gasteiger partial charge in [-0.2, -0.15) is 0 Å². The Morgan fingerprint density at radius 1 is 0.688 bits per heavy atom. The van der Waals surface area contributed by atoms with Crippen molar-refractivity contribution in [1.29, 1.82) is 0 Å². The highest BCUT2D eigenvalue weighted by Crippen LogP contribution is 2.31. The maximum absolute atomic E-state index is 3.61. The van der Waals surface area contributed by atoms with Crippen molar-refractivity contribution >= 4 is 44.9 Å². The van der Waals surface area contributed by atoms with Crippen LogP contribution >= 0.6 is 0 Å². The van der Waals surface area contributed by atoms with Gasteiger partial charge in [-0.15, -0.1) is 0 Å². The number of nitrogens with one attached hydrogen (secondary N) is 1. The van der Waals surface area contributed by atoms with Crippen LogP contribution in [0, 0.1) is 0 Å². The highest BCUT2D eigenvalue weighted by molar-refractivity contribution is 6.07. The molecule has 1 unspecified atom stereocenters. The lowest BCUT2D eigenvalue weighted by atomic mass is 9.91. The number of para-hydroxylation sites is 3. The van der Waals surface area contributed by atoms with E-state index in [4.69, 9.17) is 0 Å². The summed E-state index contributed by atoms with van der Waals surface area (Å²) in [6.45, 7) is 0. The van der Waals surface area contributed by atoms with Gasteiger partial charge in [-0.3, -0.25) is 0 Å². The van der Waals surface area contributed by atoms with Gasteiger partial charge >= 0.3 is 0 Å². The SMILES string of the molecule is C1=c2c(n(-c3ccccc3)c3ccccc23)=CC(c2ccc3c(c2)[nH]c2ccccc23)C1. The Labute approximate surface area is 185 Å². The van der Waals surface area contributed by atoms with Gasteiger partial charge in [0.1, 0.15) is 0 Å². The van der Waals surface area contributed by atoms with E-state index in [0.717, 1.165) is 6.42 Å². The van der Waals surface area contributed by atoms with E-state index in [1.807, 2.05) is 0 Å². The standard InChI is InChI=1S/C30H22N2/c1-2-8-22(9-3-1)32-29-13-7-5-11-25(29)26-17-15-21(19-30(26)32)20-14-16-24-23-10-4-6-12-27(23)31-28(24)18-20/h1-14,16-19,21,31H,15H2. The molecule has 1 aliphatic rings. The number of H-pyrrole nitrogens is 1. The molecular formula is C30H22N2. The van der Waals surface area contributed by atoms with Crippen LogP contribution in [0.5, 0.6) is 0 Å². The summed E-state index contributed by atoms with van der Waals surface area (Å²) in [5.74, 6) is 0.352. The van der Waals surface area contributed by atoms with Gasteiger partial charge in [0.15, 0.2) is 0 Å². The molecule has 152 valence electrons. The van der Waals surface area contributed by atoms with Gasteiger partial charge in [-0.25, -0.2) is 0 Å². The van der Waals surface area contributed by atoms with Crippen molar-refractivity contribution in [1.82, 2.24) is 9.55 Å². The van der Waals surface area contributed by atoms with Crippen LogP contribution in [0.4, 0.5) is 0 Å². The third kappa shape index (κ3) is 2.53. The first-order valence-electron chi connectivity index (χ1n) is 11.2. The minimum absolute atomic E-state index is 0.352. The van der Waals surface area contributed by atoms with Crippen molar-refractivity contribution in [3.63, 3.8) is 0 Å². The highest BCUT2D eigenvalue weighted by Gasteiger charge is 2.17. The summed E-state index contributed by atoms with van der Waals surface area (Å²) in [6, 6.07) is 34.9. The summed E-state index contributed by atoms with van der Waals surface area (Å²) in [5.41, 5.74) is 6.25. The zero-order valence-corrected chi connectivity index (χ0v) is 17.6. The number of hydrogen-bond donors (Lipinski definition) is 1. The summed E-state index contributed by atoms with van der Waals surface area (Å²) in [5, 5.41) is 6.56. The molecule has 7 rings (SSSR count). The van der Waals surface area contributed by atoms with E-state index in [9.17, 15) is 0 Å². The Morgan fingerprint density at radius 3 is 2.34 bits per heavy atom. The minimum atomic E-state index is 0.352. The van der Waals surface area contributed by atoms with Crippen LogP contribution < -0.4 is 10.6 Å². The quantitative estimate of drug-likeness (QED) is 0.361. The van der Waals surface area contributed by atoms with Gasteiger partial charge in [-0.1, -0.05) is 78.9 Å². The summed E-state index contributed by atoms with van der Waals surface area (Å²) < 4.78 is 2.41. The first-order chi connectivity index (χ1) is 15.9. The zero-order valence-electron chi connectivity index (χ0n) is 17.6. The largest absolute Gasteiger partial charge is 0.355 e. The second-order valence-corrected chi connectivity index (χ2v) is 8.68. The van der Waals surface area contributed by atoms with E-state index < -0.39 is 0 Å². The molecule has 0 fully saturated rings. The lowest BCUT2D eigenvalue weighted by molar-refractivity contribution is 0.905. The molecule has 2 aromatic heterocycles. The van der Waals surface area contributed by atoms with Crippen molar-refractivity contribution in [2.45, 2.75) is 12.3 Å². The van der Waals surface area contributed by atoms with E-state index in [-0.39, 0.29) is 0 Å². The van der Waals surface area contributed by atoms with Crippen molar-refractivity contribution in [3.8, 4) is 5.69 Å². The molecule has 1 atom stereocenters. The number of nitrogens with zero attached hydrogens (tertiary/aromatic N) is 1. The number of benzene rings is 4. The molecule has 0 aliphatic heterocycles. The number of rotatable bonds is 2. The first kappa shape index (κ1) is 17.6. The van der Waals surface area contributed by atoms with Crippen LogP contribution in [0.15, 0.2) is 97.1 Å². The Balaban J connectivity index is 1.45. The molecule has 2 heteroatoms. The van der Waals surface area contributed by atoms with Gasteiger partial charge in [-0.05, 0) is 42.3 Å². The summed E-state index contributed by atoms with van der Waals surface area (Å²) >= 11 is 0. The molecule has 0 saturated carbocycles. The molecule has 0 spiro atoms. The van der Waals surface area contributed by atoms with E-state index in [1.54, 1.807) is 0 Å². The Hall–Kier alpha value is -4.04. The molecule has 0 saturated heterocycles. The fourth-order valence-corrected chi connectivity index (χ4v) is 5.36. The molecule has 0 amide bonds. The molecule has 0 radical (unpaired) electrons. The van der Waals surface area contributed by atoms with E-state index in [0.29, 0.717) is 5.92 Å². The number of fused-ring (bicyclic) bond motifs is 6. The Morgan fingerprint density at radius 2 is 1.44 bits per heavy atom. The first-order valence-corrected chi connectivity index (χ1v) is 11.2. The maximum atomic E-state index is 3.61. The summed E-state index contributed by atoms with van der Waals surface area (Å²) in [4.78, 5) is 3.61. The van der Waals surface area contributed by atoms with Gasteiger partial charge < -0.3 is 9.55 Å². The van der Waals surface area contributed by atoms with E-state index >= 15 is 0 Å². The molecule has 1 N–H and O–H groups in total. The highest BCUT2D eigenvalue weighted by atomic mass is 15.0. The van der Waals surface area contributed by atoms with Crippen molar-refractivity contribution in [2.24, 2.45) is 0 Å². The number of aromatic amines is 1. The molecule has 1 aliphatic carbocycles. The second-order valence-electron chi connectivity index (χ2n) is 8.68. The maximum Gasteiger partial charge on any atom is 0.0540 e. The molecule has 4 aromatic carbocycles. The van der Waals surface area contributed by atoms with Gasteiger partial charge in [0.2, 0.25) is 0 Å². The van der Waals surface area contributed by atoms with Crippen LogP contribution in [0.25, 0.3) is 50.5 Å². The number of hydrogen-bond acceptors (Lipinski definition) is 0. The average Bonchev–Trinajstić information content (AvgIpc) is 3.39. The summed E-state index contributed by atoms with van der Waals surface area (Å²) in [6.07, 6.45) is 5.91. The Kier molecular flexibility index (Phi) is 3.71. The Bertz CT molecular complexity index is 1750. The predicted molar refractivity (Wildman–Crippen MR) is 135 cm³/mol. The van der Waals surface area contributed by atoms with Crippen LogP contribution in [-0.4, -0.2) is 9.55 Å². The fourth-order valence-electron chi connectivity index (χ4n) is 5.36. The lowest BCUT2D eigenvalue weighted by Gasteiger charge is -2.15. The second kappa shape index (κ2) is 6.73. The average molecular weight is 411 g/mol. The monoisotopic (exact) mass is 410 g/mol. The van der Waals surface area contributed by atoms with Crippen LogP contribution in [0.2, 0.25) is 0 Å². The lowest BCUT2D eigenvalue weighted by Crippen LogP contribution is -2.31. The zero-order chi connectivity index (χ0) is 21.1. The van der Waals surface area contributed by atoms with Gasteiger partial charge in [0, 0.05) is 44.0 Å². The molecule has 32 heavy (non-hydrogen) atoms. The smallest absolute Gasteiger partial charge is 0.0540 e. The van der Waals surface area contributed by atoms with Crippen LogP contribution in [0.3, 0.4) is 0 Å². The third-order valence-corrected chi connectivity index (χ3v) is 6.86. The third-order valence-electron chi connectivity index (χ3n) is 6.86. The summed E-state index contributed by atoms with van der Waals surface area (Å²) in [7, 11) is 0. The van der Waals surface area contributed by atoms with Crippen molar-refractivity contribution in [3.05, 3.63) is 113 Å². The van der Waals surface area contributed by atoms with Crippen molar-refractivity contribution < 1.29 is 0 Å². The normalized spacial score (nSPS) is 15.6. The van der Waals surface area contributed by atoms with E-state index in [1.165, 1.54) is 54.5 Å². The topological polar surface area (TPSA) is 20.7 Å². The molecule has 0 bridgehead atoms. The predicted octanol–water partition coefficient (Wildman–Crippen LogP) is 6.01. The van der Waals surface area contributed by atoms with Gasteiger partial charge in [0.25, 0.3) is 0 Å². The molecule has 2 nitrogen and oxygen atoms in total. The minimum Gasteiger partial charge on any atom is -0.355 e. The fraction of sp³-hybridized carbons (Fsp3) is 0.0667. The molecular weight excluding hydrogens is 388 g/mol. The van der Waals surface area contributed by atoms with E-state index in [2.05, 4.69) is 119 Å². The molecule has 6 aromatic rings. The van der Waals surface area contributed by atoms with Crippen molar-refractivity contribution in [2.75, 3.05) is 0 Å². The van der Waals surface area contributed by atoms with Crippen LogP contribution in [-0.2, 0) is 0 Å².